The van der Waals surface area contributed by atoms with Gasteiger partial charge in [-0.05, 0) is 27.2 Å². The summed E-state index contributed by atoms with van der Waals surface area (Å²) in [6.07, 6.45) is 2.14. The van der Waals surface area contributed by atoms with Gasteiger partial charge in [0, 0.05) is 44.6 Å². The topological polar surface area (TPSA) is 103 Å². The Morgan fingerprint density at radius 2 is 1.56 bits per heavy atom. The summed E-state index contributed by atoms with van der Waals surface area (Å²) in [6.45, 7) is 7.05. The maximum atomic E-state index is 11.6. The zero-order valence-electron chi connectivity index (χ0n) is 14.9. The third-order valence-corrected chi connectivity index (χ3v) is 6.40. The minimum atomic E-state index is -2.72. The van der Waals surface area contributed by atoms with Crippen molar-refractivity contribution in [3.63, 3.8) is 0 Å². The minimum absolute atomic E-state index is 0.334. The van der Waals surface area contributed by atoms with Crippen molar-refractivity contribution in [1.29, 1.82) is 0 Å². The first kappa shape index (κ1) is 21.3. The summed E-state index contributed by atoms with van der Waals surface area (Å²) >= 11 is 0. The highest BCUT2D eigenvalue weighted by molar-refractivity contribution is 6.60. The van der Waals surface area contributed by atoms with Gasteiger partial charge >= 0.3 is 14.9 Å². The van der Waals surface area contributed by atoms with Gasteiger partial charge in [0.25, 0.3) is 11.8 Å². The van der Waals surface area contributed by atoms with E-state index < -0.39 is 33.4 Å². The normalized spacial score (nSPS) is 14.3. The van der Waals surface area contributed by atoms with Gasteiger partial charge < -0.3 is 23.3 Å². The monoisotopic (exact) mass is 374 g/mol. The standard InChI is InChI=1S/C15H26N2O7Si/c1-4-22-25(23-5-2,24-6-3)11-7-10-16-15(20)21-12-17-13(18)8-9-14(17)19/h8-9H,4-7,10-12H2,1-3H3,(H,16,20). The fraction of sp³-hybridized carbons (Fsp3) is 0.667. The van der Waals surface area contributed by atoms with Crippen LogP contribution in [0, 0.1) is 0 Å². The summed E-state index contributed by atoms with van der Waals surface area (Å²) in [5, 5.41) is 2.56. The van der Waals surface area contributed by atoms with E-state index in [2.05, 4.69) is 5.32 Å². The van der Waals surface area contributed by atoms with Crippen LogP contribution in [0.4, 0.5) is 4.79 Å². The second-order valence-electron chi connectivity index (χ2n) is 5.01. The highest BCUT2D eigenvalue weighted by atomic mass is 28.4. The minimum Gasteiger partial charge on any atom is -0.428 e. The quantitative estimate of drug-likeness (QED) is 0.309. The average molecular weight is 374 g/mol. The predicted molar refractivity (Wildman–Crippen MR) is 90.4 cm³/mol. The molecule has 1 N–H and O–H groups in total. The zero-order chi connectivity index (χ0) is 18.7. The van der Waals surface area contributed by atoms with Gasteiger partial charge in [-0.25, -0.2) is 9.69 Å². The van der Waals surface area contributed by atoms with Crippen molar-refractivity contribution in [3.05, 3.63) is 12.2 Å². The number of alkyl carbamates (subject to hydrolysis) is 1. The predicted octanol–water partition coefficient (Wildman–Crippen LogP) is 1.03. The van der Waals surface area contributed by atoms with Crippen molar-refractivity contribution in [2.75, 3.05) is 33.1 Å². The van der Waals surface area contributed by atoms with Crippen LogP contribution in [0.15, 0.2) is 12.2 Å². The lowest BCUT2D eigenvalue weighted by atomic mass is 10.5. The van der Waals surface area contributed by atoms with Crippen molar-refractivity contribution in [3.8, 4) is 0 Å². The SMILES string of the molecule is CCO[Si](CCCNC(=O)OCN1C(=O)C=CC1=O)(OCC)OCC. The maximum absolute atomic E-state index is 11.6. The lowest BCUT2D eigenvalue weighted by Crippen LogP contribution is -2.46. The molecule has 3 amide bonds. The molecule has 0 atom stereocenters. The molecule has 0 aromatic heterocycles. The summed E-state index contributed by atoms with van der Waals surface area (Å²) in [6, 6.07) is 0.565. The molecule has 0 fully saturated rings. The zero-order valence-corrected chi connectivity index (χ0v) is 15.9. The van der Waals surface area contributed by atoms with E-state index in [4.69, 9.17) is 18.0 Å². The van der Waals surface area contributed by atoms with Crippen LogP contribution in [0.25, 0.3) is 0 Å². The third kappa shape index (κ3) is 6.94. The molecule has 0 saturated carbocycles. The average Bonchev–Trinajstić information content (AvgIpc) is 2.89. The van der Waals surface area contributed by atoms with Crippen molar-refractivity contribution in [2.45, 2.75) is 33.2 Å². The van der Waals surface area contributed by atoms with E-state index in [0.717, 1.165) is 17.1 Å². The molecule has 0 radical (unpaired) electrons. The van der Waals surface area contributed by atoms with E-state index in [9.17, 15) is 14.4 Å². The molecule has 1 aliphatic heterocycles. The first-order valence-electron chi connectivity index (χ1n) is 8.34. The molecule has 0 aliphatic carbocycles. The Morgan fingerprint density at radius 3 is 2.04 bits per heavy atom. The van der Waals surface area contributed by atoms with E-state index >= 15 is 0 Å². The van der Waals surface area contributed by atoms with E-state index in [1.807, 2.05) is 20.8 Å². The van der Waals surface area contributed by atoms with Crippen LogP contribution in [0.2, 0.25) is 6.04 Å². The second-order valence-corrected chi connectivity index (χ2v) is 7.74. The van der Waals surface area contributed by atoms with Crippen molar-refractivity contribution >= 4 is 26.7 Å². The molecule has 142 valence electrons. The molecule has 1 rings (SSSR count). The van der Waals surface area contributed by atoms with Gasteiger partial charge in [0.15, 0.2) is 6.73 Å². The number of hydrogen-bond donors (Lipinski definition) is 1. The molecule has 9 nitrogen and oxygen atoms in total. The maximum Gasteiger partial charge on any atom is 0.500 e. The summed E-state index contributed by atoms with van der Waals surface area (Å²) in [5.41, 5.74) is 0. The highest BCUT2D eigenvalue weighted by Crippen LogP contribution is 2.17. The van der Waals surface area contributed by atoms with Gasteiger partial charge in [-0.1, -0.05) is 0 Å². The Bertz CT molecular complexity index is 463. The van der Waals surface area contributed by atoms with Crippen molar-refractivity contribution in [2.24, 2.45) is 0 Å². The molecule has 0 spiro atoms. The lowest BCUT2D eigenvalue weighted by molar-refractivity contribution is -0.140. The number of amides is 3. The van der Waals surface area contributed by atoms with Crippen molar-refractivity contribution < 1.29 is 32.4 Å². The van der Waals surface area contributed by atoms with Gasteiger partial charge in [-0.15, -0.1) is 0 Å². The molecule has 25 heavy (non-hydrogen) atoms. The Kier molecular flexibility index (Phi) is 9.35. The van der Waals surface area contributed by atoms with Crippen LogP contribution >= 0.6 is 0 Å². The first-order chi connectivity index (χ1) is 12.0. The Morgan fingerprint density at radius 1 is 1.04 bits per heavy atom. The van der Waals surface area contributed by atoms with Gasteiger partial charge in [-0.3, -0.25) is 9.59 Å². The Balaban J connectivity index is 2.31. The van der Waals surface area contributed by atoms with E-state index in [1.54, 1.807) is 0 Å². The Hall–Kier alpha value is -1.75. The van der Waals surface area contributed by atoms with E-state index in [1.165, 1.54) is 0 Å². The second kappa shape index (κ2) is 11.0. The largest absolute Gasteiger partial charge is 0.500 e. The number of imide groups is 1. The lowest BCUT2D eigenvalue weighted by Gasteiger charge is -2.28. The van der Waals surface area contributed by atoms with Crippen LogP contribution in [0.1, 0.15) is 27.2 Å². The molecular formula is C15H26N2O7Si. The summed E-state index contributed by atoms with van der Waals surface area (Å²) in [7, 11) is -2.72. The molecule has 1 aliphatic rings. The molecule has 0 aromatic carbocycles. The van der Waals surface area contributed by atoms with Gasteiger partial charge in [-0.2, -0.15) is 0 Å². The smallest absolute Gasteiger partial charge is 0.428 e. The third-order valence-electron chi connectivity index (χ3n) is 3.25. The van der Waals surface area contributed by atoms with E-state index in [0.29, 0.717) is 38.8 Å². The molecule has 0 saturated heterocycles. The number of hydrogen-bond acceptors (Lipinski definition) is 7. The van der Waals surface area contributed by atoms with E-state index in [-0.39, 0.29) is 0 Å². The molecular weight excluding hydrogens is 348 g/mol. The molecule has 0 aromatic rings. The number of ether oxygens (including phenoxy) is 1. The number of nitrogens with zero attached hydrogens (tertiary/aromatic N) is 1. The number of carbonyl (C=O) groups excluding carboxylic acids is 3. The van der Waals surface area contributed by atoms with Crippen LogP contribution < -0.4 is 5.32 Å². The Labute approximate surface area is 148 Å². The van der Waals surface area contributed by atoms with Crippen LogP contribution in [-0.4, -0.2) is 64.7 Å². The summed E-state index contributed by atoms with van der Waals surface area (Å²) < 4.78 is 22.0. The van der Waals surface area contributed by atoms with Crippen LogP contribution in [0.5, 0.6) is 0 Å². The fourth-order valence-electron chi connectivity index (χ4n) is 2.23. The molecule has 0 unspecified atom stereocenters. The summed E-state index contributed by atoms with van der Waals surface area (Å²) in [4.78, 5) is 35.1. The number of carbonyl (C=O) groups is 3. The first-order valence-corrected chi connectivity index (χ1v) is 10.3. The highest BCUT2D eigenvalue weighted by Gasteiger charge is 2.39. The van der Waals surface area contributed by atoms with Gasteiger partial charge in [0.1, 0.15) is 0 Å². The van der Waals surface area contributed by atoms with Crippen LogP contribution in [0.3, 0.4) is 0 Å². The van der Waals surface area contributed by atoms with Crippen LogP contribution in [-0.2, 0) is 27.6 Å². The number of rotatable bonds is 12. The van der Waals surface area contributed by atoms with Gasteiger partial charge in [0.05, 0.1) is 0 Å². The fourth-order valence-corrected chi connectivity index (χ4v) is 4.84. The molecule has 0 bridgehead atoms. The molecule has 10 heteroatoms. The van der Waals surface area contributed by atoms with Crippen molar-refractivity contribution in [1.82, 2.24) is 10.2 Å². The summed E-state index contributed by atoms with van der Waals surface area (Å²) in [5.74, 6) is -1.00. The van der Waals surface area contributed by atoms with Gasteiger partial charge in [0.2, 0.25) is 0 Å². The number of nitrogens with one attached hydrogen (secondary N) is 1. The molecule has 1 heterocycles.